The van der Waals surface area contributed by atoms with Crippen LogP contribution in [-0.4, -0.2) is 41.9 Å². The number of halogens is 1. The van der Waals surface area contributed by atoms with Crippen LogP contribution in [0, 0.1) is 0 Å². The van der Waals surface area contributed by atoms with E-state index in [-0.39, 0.29) is 24.0 Å². The Kier molecular flexibility index (Phi) is 9.21. The Bertz CT molecular complexity index is 1010. The van der Waals surface area contributed by atoms with Crippen LogP contribution in [0.15, 0.2) is 65.9 Å². The largest absolute Gasteiger partial charge is 0.454 e. The van der Waals surface area contributed by atoms with E-state index in [1.807, 2.05) is 30.6 Å². The number of fused-ring (bicyclic) bond motifs is 1. The van der Waals surface area contributed by atoms with Crippen LogP contribution >= 0.6 is 24.0 Å². The van der Waals surface area contributed by atoms with Crippen molar-refractivity contribution in [2.24, 2.45) is 4.99 Å². The van der Waals surface area contributed by atoms with Gasteiger partial charge < -0.3 is 24.7 Å². The van der Waals surface area contributed by atoms with E-state index in [1.165, 1.54) is 11.1 Å². The first-order valence-electron chi connectivity index (χ1n) is 10.8. The number of hydrogen-bond donors (Lipinski definition) is 2. The van der Waals surface area contributed by atoms with Crippen LogP contribution in [0.1, 0.15) is 23.9 Å². The molecule has 4 rings (SSSR count). The molecule has 1 aromatic heterocycles. The molecule has 0 amide bonds. The zero-order valence-electron chi connectivity index (χ0n) is 18.3. The van der Waals surface area contributed by atoms with Gasteiger partial charge in [0.25, 0.3) is 0 Å². The second-order valence-corrected chi connectivity index (χ2v) is 7.33. The van der Waals surface area contributed by atoms with Crippen molar-refractivity contribution in [2.75, 3.05) is 26.4 Å². The van der Waals surface area contributed by atoms with Gasteiger partial charge in [0.2, 0.25) is 6.79 Å². The van der Waals surface area contributed by atoms with Crippen LogP contribution in [0.2, 0.25) is 0 Å². The Morgan fingerprint density at radius 1 is 1.03 bits per heavy atom. The number of nitrogens with one attached hydrogen (secondary N) is 2. The summed E-state index contributed by atoms with van der Waals surface area (Å²) in [5.74, 6) is 3.51. The maximum absolute atomic E-state index is 5.45. The number of rotatable bonds is 9. The monoisotopic (exact) mass is 547 g/mol. The van der Waals surface area contributed by atoms with E-state index in [0.717, 1.165) is 55.8 Å². The average molecular weight is 547 g/mol. The average Bonchev–Trinajstić information content (AvgIpc) is 3.43. The molecule has 0 fully saturated rings. The first-order valence-corrected chi connectivity index (χ1v) is 10.8. The number of nitrogens with zero attached hydrogens (tertiary/aromatic N) is 3. The molecule has 0 atom stereocenters. The molecule has 1 aliphatic rings. The molecule has 0 spiro atoms. The van der Waals surface area contributed by atoms with E-state index in [4.69, 9.17) is 14.5 Å². The number of aromatic nitrogens is 2. The van der Waals surface area contributed by atoms with Crippen LogP contribution < -0.4 is 20.1 Å². The number of hydrogen-bond acceptors (Lipinski definition) is 4. The Hall–Kier alpha value is -2.75. The molecule has 0 bridgehead atoms. The first kappa shape index (κ1) is 23.9. The van der Waals surface area contributed by atoms with E-state index < -0.39 is 0 Å². The van der Waals surface area contributed by atoms with Gasteiger partial charge in [0.15, 0.2) is 17.5 Å². The first-order chi connectivity index (χ1) is 15.3. The van der Waals surface area contributed by atoms with Crippen molar-refractivity contribution in [3.63, 3.8) is 0 Å². The van der Waals surface area contributed by atoms with Gasteiger partial charge in [0, 0.05) is 45.0 Å². The highest BCUT2D eigenvalue weighted by molar-refractivity contribution is 14.0. The predicted molar refractivity (Wildman–Crippen MR) is 137 cm³/mol. The molecule has 0 unspecified atom stereocenters. The molecule has 2 aromatic carbocycles. The molecular formula is C24H30IN5O2. The lowest BCUT2D eigenvalue weighted by molar-refractivity contribution is 0.174. The number of benzene rings is 2. The molecule has 0 saturated heterocycles. The van der Waals surface area contributed by atoms with Gasteiger partial charge in [-0.3, -0.25) is 4.99 Å². The van der Waals surface area contributed by atoms with Gasteiger partial charge in [-0.1, -0.05) is 36.4 Å². The molecule has 0 aliphatic carbocycles. The summed E-state index contributed by atoms with van der Waals surface area (Å²) in [6.07, 6.45) is 5.55. The van der Waals surface area contributed by atoms with E-state index >= 15 is 0 Å². The summed E-state index contributed by atoms with van der Waals surface area (Å²) in [6, 6.07) is 16.5. The maximum atomic E-state index is 5.45. The van der Waals surface area contributed by atoms with Crippen LogP contribution in [0.25, 0.3) is 0 Å². The minimum Gasteiger partial charge on any atom is -0.454 e. The highest BCUT2D eigenvalue weighted by Gasteiger charge is 2.13. The maximum Gasteiger partial charge on any atom is 0.231 e. The van der Waals surface area contributed by atoms with Crippen molar-refractivity contribution in [1.29, 1.82) is 0 Å². The van der Waals surface area contributed by atoms with Crippen molar-refractivity contribution >= 4 is 29.9 Å². The number of imidazole rings is 1. The van der Waals surface area contributed by atoms with Gasteiger partial charge in [-0.2, -0.15) is 0 Å². The van der Waals surface area contributed by atoms with Crippen LogP contribution in [0.3, 0.4) is 0 Å². The van der Waals surface area contributed by atoms with E-state index in [9.17, 15) is 0 Å². The van der Waals surface area contributed by atoms with Crippen molar-refractivity contribution in [3.05, 3.63) is 77.9 Å². The fraction of sp³-hybridized carbons (Fsp3) is 0.333. The minimum atomic E-state index is 0. The zero-order chi connectivity index (χ0) is 21.3. The zero-order valence-corrected chi connectivity index (χ0v) is 20.6. The van der Waals surface area contributed by atoms with E-state index in [2.05, 4.69) is 57.4 Å². The molecular weight excluding hydrogens is 517 g/mol. The van der Waals surface area contributed by atoms with Crippen molar-refractivity contribution in [1.82, 2.24) is 20.2 Å². The molecule has 3 aromatic rings. The smallest absolute Gasteiger partial charge is 0.231 e. The van der Waals surface area contributed by atoms with Gasteiger partial charge in [0.1, 0.15) is 5.82 Å². The Balaban J connectivity index is 0.00000289. The quantitative estimate of drug-likeness (QED) is 0.243. The third kappa shape index (κ3) is 6.62. The third-order valence-corrected chi connectivity index (χ3v) is 5.09. The van der Waals surface area contributed by atoms with Gasteiger partial charge >= 0.3 is 0 Å². The molecule has 32 heavy (non-hydrogen) atoms. The van der Waals surface area contributed by atoms with Gasteiger partial charge in [-0.25, -0.2) is 4.98 Å². The predicted octanol–water partition coefficient (Wildman–Crippen LogP) is 3.62. The second kappa shape index (κ2) is 12.3. The second-order valence-electron chi connectivity index (χ2n) is 7.33. The lowest BCUT2D eigenvalue weighted by atomic mass is 10.1. The Morgan fingerprint density at radius 3 is 2.72 bits per heavy atom. The third-order valence-electron chi connectivity index (χ3n) is 5.09. The van der Waals surface area contributed by atoms with E-state index in [0.29, 0.717) is 13.3 Å². The van der Waals surface area contributed by atoms with E-state index in [1.54, 1.807) is 0 Å². The molecule has 2 N–H and O–H groups in total. The molecule has 7 nitrogen and oxygen atoms in total. The van der Waals surface area contributed by atoms with Crippen molar-refractivity contribution in [3.8, 4) is 11.5 Å². The summed E-state index contributed by atoms with van der Waals surface area (Å²) >= 11 is 0. The lowest BCUT2D eigenvalue weighted by Crippen LogP contribution is -2.38. The molecule has 1 aliphatic heterocycles. The normalized spacial score (nSPS) is 12.3. The Morgan fingerprint density at radius 2 is 1.88 bits per heavy atom. The molecule has 170 valence electrons. The van der Waals surface area contributed by atoms with Crippen LogP contribution in [0.4, 0.5) is 0 Å². The highest BCUT2D eigenvalue weighted by Crippen LogP contribution is 2.32. The highest BCUT2D eigenvalue weighted by atomic mass is 127. The number of guanidine groups is 1. The fourth-order valence-corrected chi connectivity index (χ4v) is 3.52. The van der Waals surface area contributed by atoms with Gasteiger partial charge in [-0.05, 0) is 36.6 Å². The summed E-state index contributed by atoms with van der Waals surface area (Å²) in [5.41, 5.74) is 2.47. The summed E-state index contributed by atoms with van der Waals surface area (Å²) in [7, 11) is 0. The standard InChI is InChI=1S/C24H29N5O2.HI/c1-2-25-24(27-12-10-19-8-9-21-22(16-19)31-18-30-21)28-13-11-23-26-14-15-29(23)17-20-6-4-3-5-7-20;/h3-9,14-16H,2,10-13,17-18H2,1H3,(H2,25,27,28);1H. The molecule has 0 radical (unpaired) electrons. The Labute approximate surface area is 206 Å². The van der Waals surface area contributed by atoms with Crippen LogP contribution in [0.5, 0.6) is 11.5 Å². The summed E-state index contributed by atoms with van der Waals surface area (Å²) in [5, 5.41) is 6.72. The topological polar surface area (TPSA) is 72.7 Å². The molecule has 0 saturated carbocycles. The van der Waals surface area contributed by atoms with Gasteiger partial charge in [0.05, 0.1) is 0 Å². The van der Waals surface area contributed by atoms with Crippen LogP contribution in [-0.2, 0) is 19.4 Å². The minimum absolute atomic E-state index is 0. The SMILES string of the molecule is CCNC(=NCCc1nccn1Cc1ccccc1)NCCc1ccc2c(c1)OCO2.I. The molecule has 8 heteroatoms. The van der Waals surface area contributed by atoms with Gasteiger partial charge in [-0.15, -0.1) is 24.0 Å². The number of ether oxygens (including phenoxy) is 2. The summed E-state index contributed by atoms with van der Waals surface area (Å²) in [4.78, 5) is 9.24. The fourth-order valence-electron chi connectivity index (χ4n) is 3.52. The lowest BCUT2D eigenvalue weighted by Gasteiger charge is -2.12. The molecule has 2 heterocycles. The number of aliphatic imine (C=N–C) groups is 1. The summed E-state index contributed by atoms with van der Waals surface area (Å²) < 4.78 is 13.0. The summed E-state index contributed by atoms with van der Waals surface area (Å²) in [6.45, 7) is 5.48. The van der Waals surface area contributed by atoms with Crippen molar-refractivity contribution in [2.45, 2.75) is 26.3 Å². The van der Waals surface area contributed by atoms with Crippen molar-refractivity contribution < 1.29 is 9.47 Å².